The summed E-state index contributed by atoms with van der Waals surface area (Å²) in [6.07, 6.45) is 0. The van der Waals surface area contributed by atoms with Crippen LogP contribution in [0.15, 0.2) is 36.4 Å². The van der Waals surface area contributed by atoms with Crippen molar-refractivity contribution >= 4 is 5.78 Å². The molecule has 0 fully saturated rings. The monoisotopic (exact) mass is 288 g/mol. The summed E-state index contributed by atoms with van der Waals surface area (Å²) in [5, 5.41) is 29.7. The van der Waals surface area contributed by atoms with Crippen molar-refractivity contribution in [2.45, 2.75) is 12.8 Å². The summed E-state index contributed by atoms with van der Waals surface area (Å²) in [5.74, 6) is -1.32. The Morgan fingerprint density at radius 2 is 1.67 bits per heavy atom. The molecular formula is C16H16O5. The first-order chi connectivity index (χ1) is 9.95. The predicted molar refractivity (Wildman–Crippen MR) is 77.0 cm³/mol. The molecule has 0 aliphatic rings. The molecule has 5 heteroatoms. The van der Waals surface area contributed by atoms with Crippen LogP contribution >= 0.6 is 0 Å². The van der Waals surface area contributed by atoms with Gasteiger partial charge < -0.3 is 20.1 Å². The number of methoxy groups -OCH3 is 1. The quantitative estimate of drug-likeness (QED) is 0.804. The summed E-state index contributed by atoms with van der Waals surface area (Å²) in [4.78, 5) is 12.0. The first kappa shape index (κ1) is 14.7. The first-order valence-electron chi connectivity index (χ1n) is 6.34. The van der Waals surface area contributed by atoms with Crippen LogP contribution in [0.4, 0.5) is 0 Å². The summed E-state index contributed by atoms with van der Waals surface area (Å²) >= 11 is 0. The summed E-state index contributed by atoms with van der Waals surface area (Å²) in [5.41, 5.74) is 0.576. The van der Waals surface area contributed by atoms with Gasteiger partial charge in [-0.2, -0.15) is 0 Å². The Hall–Kier alpha value is -2.69. The zero-order valence-corrected chi connectivity index (χ0v) is 11.7. The average Bonchev–Trinajstić information content (AvgIpc) is 2.42. The van der Waals surface area contributed by atoms with E-state index in [2.05, 4.69) is 0 Å². The molecule has 0 aliphatic carbocycles. The highest BCUT2D eigenvalue weighted by Gasteiger charge is 2.26. The fraction of sp³-hybridized carbons (Fsp3) is 0.188. The van der Waals surface area contributed by atoms with Gasteiger partial charge in [0.15, 0.2) is 11.5 Å². The smallest absolute Gasteiger partial charge is 0.160 e. The molecule has 2 aromatic carbocycles. The van der Waals surface area contributed by atoms with Crippen LogP contribution in [0.25, 0.3) is 0 Å². The van der Waals surface area contributed by atoms with Crippen molar-refractivity contribution in [2.75, 3.05) is 7.11 Å². The second-order valence-electron chi connectivity index (χ2n) is 4.68. The number of carbonyl (C=O) groups excluding carboxylic acids is 1. The Morgan fingerprint density at radius 1 is 1.05 bits per heavy atom. The van der Waals surface area contributed by atoms with Gasteiger partial charge in [-0.05, 0) is 36.8 Å². The zero-order valence-electron chi connectivity index (χ0n) is 11.7. The number of benzene rings is 2. The van der Waals surface area contributed by atoms with Crippen LogP contribution in [0, 0.1) is 0 Å². The molecule has 0 aliphatic heterocycles. The minimum Gasteiger partial charge on any atom is -0.507 e. The van der Waals surface area contributed by atoms with Crippen LogP contribution in [-0.2, 0) is 4.79 Å². The van der Waals surface area contributed by atoms with Gasteiger partial charge >= 0.3 is 0 Å². The van der Waals surface area contributed by atoms with E-state index in [1.807, 2.05) is 0 Å². The van der Waals surface area contributed by atoms with Crippen molar-refractivity contribution < 1.29 is 24.9 Å². The third kappa shape index (κ3) is 2.76. The summed E-state index contributed by atoms with van der Waals surface area (Å²) in [7, 11) is 1.42. The van der Waals surface area contributed by atoms with Crippen LogP contribution in [0.2, 0.25) is 0 Å². The molecule has 0 aromatic heterocycles. The van der Waals surface area contributed by atoms with Crippen molar-refractivity contribution in [3.8, 4) is 23.0 Å². The van der Waals surface area contributed by atoms with Crippen LogP contribution in [0.1, 0.15) is 24.0 Å². The highest BCUT2D eigenvalue weighted by molar-refractivity contribution is 5.88. The summed E-state index contributed by atoms with van der Waals surface area (Å²) in [6.45, 7) is 1.36. The third-order valence-electron chi connectivity index (χ3n) is 3.29. The minimum atomic E-state index is -0.872. The Kier molecular flexibility index (Phi) is 4.03. The molecule has 2 aromatic rings. The molecule has 21 heavy (non-hydrogen) atoms. The van der Waals surface area contributed by atoms with E-state index < -0.39 is 5.92 Å². The predicted octanol–water partition coefficient (Wildman–Crippen LogP) is 2.53. The maximum Gasteiger partial charge on any atom is 0.160 e. The fourth-order valence-corrected chi connectivity index (χ4v) is 2.33. The maximum atomic E-state index is 12.0. The van der Waals surface area contributed by atoms with Gasteiger partial charge in [-0.1, -0.05) is 12.1 Å². The van der Waals surface area contributed by atoms with Gasteiger partial charge in [0, 0.05) is 0 Å². The Bertz CT molecular complexity index is 658. The molecule has 0 saturated heterocycles. The van der Waals surface area contributed by atoms with E-state index in [1.54, 1.807) is 6.07 Å². The SMILES string of the molecule is COc1ccc(C(C(C)=O)c2c(O)cccc2O)cc1O. The number of aromatic hydroxyl groups is 3. The minimum absolute atomic E-state index is 0.115. The molecule has 2 rings (SSSR count). The van der Waals surface area contributed by atoms with E-state index >= 15 is 0 Å². The number of hydrogen-bond donors (Lipinski definition) is 3. The molecule has 0 heterocycles. The molecule has 1 unspecified atom stereocenters. The average molecular weight is 288 g/mol. The lowest BCUT2D eigenvalue weighted by molar-refractivity contribution is -0.117. The van der Waals surface area contributed by atoms with E-state index in [1.165, 1.54) is 44.4 Å². The van der Waals surface area contributed by atoms with Crippen molar-refractivity contribution in [1.29, 1.82) is 0 Å². The number of ketones is 1. The lowest BCUT2D eigenvalue weighted by Gasteiger charge is -2.18. The van der Waals surface area contributed by atoms with Crippen LogP contribution in [0.5, 0.6) is 23.0 Å². The zero-order chi connectivity index (χ0) is 15.6. The van der Waals surface area contributed by atoms with Gasteiger partial charge in [-0.15, -0.1) is 0 Å². The lowest BCUT2D eigenvalue weighted by atomic mass is 9.87. The molecule has 0 spiro atoms. The molecule has 0 amide bonds. The lowest BCUT2D eigenvalue weighted by Crippen LogP contribution is -2.11. The Labute approximate surface area is 122 Å². The number of hydrogen-bond acceptors (Lipinski definition) is 5. The second kappa shape index (κ2) is 5.75. The standard InChI is InChI=1S/C16H16O5/c1-9(17)15(16-11(18)4-3-5-12(16)19)10-6-7-14(21-2)13(20)8-10/h3-8,15,18-20H,1-2H3. The maximum absolute atomic E-state index is 12.0. The van der Waals surface area contributed by atoms with Crippen molar-refractivity contribution in [2.24, 2.45) is 0 Å². The number of Topliss-reactive ketones (excluding diaryl/α,β-unsaturated/α-hetero) is 1. The normalized spacial score (nSPS) is 11.9. The largest absolute Gasteiger partial charge is 0.507 e. The number of phenolic OH excluding ortho intramolecular Hbond substituents is 3. The molecule has 3 N–H and O–H groups in total. The Balaban J connectivity index is 2.60. The molecule has 0 bridgehead atoms. The number of ether oxygens (including phenoxy) is 1. The van der Waals surface area contributed by atoms with E-state index in [0.717, 1.165) is 0 Å². The van der Waals surface area contributed by atoms with Crippen molar-refractivity contribution in [1.82, 2.24) is 0 Å². The van der Waals surface area contributed by atoms with Gasteiger partial charge in [0.1, 0.15) is 17.3 Å². The Morgan fingerprint density at radius 3 is 2.14 bits per heavy atom. The van der Waals surface area contributed by atoms with Crippen molar-refractivity contribution in [3.63, 3.8) is 0 Å². The molecule has 110 valence electrons. The number of phenols is 3. The summed E-state index contributed by atoms with van der Waals surface area (Å²) < 4.78 is 4.96. The van der Waals surface area contributed by atoms with E-state index in [9.17, 15) is 20.1 Å². The fourth-order valence-electron chi connectivity index (χ4n) is 2.33. The van der Waals surface area contributed by atoms with E-state index in [0.29, 0.717) is 5.56 Å². The van der Waals surface area contributed by atoms with E-state index in [4.69, 9.17) is 4.74 Å². The number of carbonyl (C=O) groups is 1. The van der Waals surface area contributed by atoms with Crippen molar-refractivity contribution in [3.05, 3.63) is 47.5 Å². The second-order valence-corrected chi connectivity index (χ2v) is 4.68. The molecular weight excluding hydrogens is 272 g/mol. The van der Waals surface area contributed by atoms with Crippen LogP contribution in [-0.4, -0.2) is 28.2 Å². The molecule has 1 atom stereocenters. The van der Waals surface area contributed by atoms with Gasteiger partial charge in [0.05, 0.1) is 18.6 Å². The topological polar surface area (TPSA) is 87.0 Å². The van der Waals surface area contributed by atoms with Gasteiger partial charge in [-0.3, -0.25) is 4.79 Å². The third-order valence-corrected chi connectivity index (χ3v) is 3.29. The van der Waals surface area contributed by atoms with Crippen LogP contribution in [0.3, 0.4) is 0 Å². The van der Waals surface area contributed by atoms with Crippen LogP contribution < -0.4 is 4.74 Å². The van der Waals surface area contributed by atoms with E-state index in [-0.39, 0.29) is 34.3 Å². The molecule has 0 radical (unpaired) electrons. The summed E-state index contributed by atoms with van der Waals surface area (Å²) in [6, 6.07) is 8.80. The molecule has 5 nitrogen and oxygen atoms in total. The number of rotatable bonds is 4. The highest BCUT2D eigenvalue weighted by Crippen LogP contribution is 2.40. The molecule has 0 saturated carbocycles. The first-order valence-corrected chi connectivity index (χ1v) is 6.34. The van der Waals surface area contributed by atoms with Gasteiger partial charge in [0.2, 0.25) is 0 Å². The van der Waals surface area contributed by atoms with Gasteiger partial charge in [0.25, 0.3) is 0 Å². The van der Waals surface area contributed by atoms with Gasteiger partial charge in [-0.25, -0.2) is 0 Å². The highest BCUT2D eigenvalue weighted by atomic mass is 16.5.